The molecule has 1 aromatic carbocycles. The maximum absolute atomic E-state index is 13.1. The maximum atomic E-state index is 13.1. The van der Waals surface area contributed by atoms with Crippen molar-refractivity contribution in [1.29, 1.82) is 0 Å². The lowest BCUT2D eigenvalue weighted by Crippen LogP contribution is -2.43. The predicted octanol–water partition coefficient (Wildman–Crippen LogP) is 3.23. The molecule has 0 amide bonds. The van der Waals surface area contributed by atoms with Gasteiger partial charge in [-0.1, -0.05) is 19.9 Å². The number of aromatic nitrogens is 2. The standard InChI is InChI=1S/C20H29N3O2/c1-12-10-15(14(3)24)17-16(13(12)2)18(25)22(6)19(21-17)23-9-7-8-20(4,5)11-23/h10,14,24H,7-9,11H2,1-6H3. The van der Waals surface area contributed by atoms with Crippen LogP contribution in [0, 0.1) is 19.3 Å². The molecule has 136 valence electrons. The lowest BCUT2D eigenvalue weighted by Gasteiger charge is -2.39. The van der Waals surface area contributed by atoms with E-state index in [2.05, 4.69) is 18.7 Å². The van der Waals surface area contributed by atoms with E-state index < -0.39 is 6.10 Å². The zero-order valence-electron chi connectivity index (χ0n) is 16.2. The number of nitrogens with zero attached hydrogens (tertiary/aromatic N) is 3. The fourth-order valence-electron chi connectivity index (χ4n) is 3.94. The summed E-state index contributed by atoms with van der Waals surface area (Å²) in [5.74, 6) is 0.704. The minimum atomic E-state index is -0.660. The van der Waals surface area contributed by atoms with E-state index in [0.29, 0.717) is 16.9 Å². The summed E-state index contributed by atoms with van der Waals surface area (Å²) in [5.41, 5.74) is 3.49. The Morgan fingerprint density at radius 2 is 2.00 bits per heavy atom. The molecule has 2 heterocycles. The maximum Gasteiger partial charge on any atom is 0.262 e. The highest BCUT2D eigenvalue weighted by molar-refractivity contribution is 5.86. The summed E-state index contributed by atoms with van der Waals surface area (Å²) < 4.78 is 1.67. The summed E-state index contributed by atoms with van der Waals surface area (Å²) in [5, 5.41) is 10.8. The van der Waals surface area contributed by atoms with E-state index in [-0.39, 0.29) is 11.0 Å². The normalized spacial score (nSPS) is 18.6. The van der Waals surface area contributed by atoms with Crippen LogP contribution in [0.3, 0.4) is 0 Å². The first-order chi connectivity index (χ1) is 11.6. The van der Waals surface area contributed by atoms with Crippen LogP contribution >= 0.6 is 0 Å². The van der Waals surface area contributed by atoms with Gasteiger partial charge < -0.3 is 10.0 Å². The van der Waals surface area contributed by atoms with E-state index >= 15 is 0 Å². The van der Waals surface area contributed by atoms with Crippen molar-refractivity contribution in [3.8, 4) is 0 Å². The molecule has 0 saturated carbocycles. The van der Waals surface area contributed by atoms with Gasteiger partial charge in [0.2, 0.25) is 5.95 Å². The predicted molar refractivity (Wildman–Crippen MR) is 102 cm³/mol. The third-order valence-corrected chi connectivity index (χ3v) is 5.51. The minimum Gasteiger partial charge on any atom is -0.389 e. The van der Waals surface area contributed by atoms with E-state index in [1.54, 1.807) is 18.5 Å². The first-order valence-corrected chi connectivity index (χ1v) is 9.06. The molecule has 1 saturated heterocycles. The van der Waals surface area contributed by atoms with Crippen molar-refractivity contribution < 1.29 is 5.11 Å². The van der Waals surface area contributed by atoms with Gasteiger partial charge >= 0.3 is 0 Å². The first-order valence-electron chi connectivity index (χ1n) is 9.06. The molecule has 5 heteroatoms. The number of benzene rings is 1. The van der Waals surface area contributed by atoms with Gasteiger partial charge in [0, 0.05) is 25.7 Å². The molecule has 25 heavy (non-hydrogen) atoms. The Bertz CT molecular complexity index is 881. The van der Waals surface area contributed by atoms with Crippen molar-refractivity contribution in [3.63, 3.8) is 0 Å². The van der Waals surface area contributed by atoms with Crippen LogP contribution in [0.4, 0.5) is 5.95 Å². The van der Waals surface area contributed by atoms with Gasteiger partial charge in [-0.3, -0.25) is 9.36 Å². The third-order valence-electron chi connectivity index (χ3n) is 5.51. The number of aryl methyl sites for hydroxylation is 2. The van der Waals surface area contributed by atoms with Crippen LogP contribution in [0.2, 0.25) is 0 Å². The molecule has 0 spiro atoms. The fraction of sp³-hybridized carbons (Fsp3) is 0.600. The average molecular weight is 343 g/mol. The SMILES string of the molecule is Cc1cc(C(C)O)c2nc(N3CCCC(C)(C)C3)n(C)c(=O)c2c1C. The van der Waals surface area contributed by atoms with E-state index in [9.17, 15) is 9.90 Å². The summed E-state index contributed by atoms with van der Waals surface area (Å²) in [6.07, 6.45) is 1.62. The van der Waals surface area contributed by atoms with E-state index in [1.165, 1.54) is 6.42 Å². The molecule has 0 bridgehead atoms. The van der Waals surface area contributed by atoms with Gasteiger partial charge in [-0.15, -0.1) is 0 Å². The van der Waals surface area contributed by atoms with Gasteiger partial charge in [0.1, 0.15) is 0 Å². The third kappa shape index (κ3) is 3.06. The number of aliphatic hydroxyl groups excluding tert-OH is 1. The summed E-state index contributed by atoms with van der Waals surface area (Å²) in [6, 6.07) is 1.96. The number of aliphatic hydroxyl groups is 1. The summed E-state index contributed by atoms with van der Waals surface area (Å²) in [7, 11) is 1.80. The zero-order chi connectivity index (χ0) is 18.5. The number of hydrogen-bond acceptors (Lipinski definition) is 4. The number of fused-ring (bicyclic) bond motifs is 1. The van der Waals surface area contributed by atoms with Crippen LogP contribution in [0.25, 0.3) is 10.9 Å². The largest absolute Gasteiger partial charge is 0.389 e. The molecule has 1 atom stereocenters. The fourth-order valence-corrected chi connectivity index (χ4v) is 3.94. The number of hydrogen-bond donors (Lipinski definition) is 1. The molecule has 0 aliphatic carbocycles. The highest BCUT2D eigenvalue weighted by Gasteiger charge is 2.29. The molecule has 1 fully saturated rings. The monoisotopic (exact) mass is 343 g/mol. The Morgan fingerprint density at radius 1 is 1.32 bits per heavy atom. The molecule has 1 aliphatic rings. The smallest absolute Gasteiger partial charge is 0.262 e. The second kappa shape index (κ2) is 6.13. The van der Waals surface area contributed by atoms with Crippen LogP contribution < -0.4 is 10.5 Å². The second-order valence-electron chi connectivity index (χ2n) is 8.27. The molecule has 3 rings (SSSR count). The summed E-state index contributed by atoms with van der Waals surface area (Å²) in [6.45, 7) is 12.0. The van der Waals surface area contributed by atoms with Crippen molar-refractivity contribution in [1.82, 2.24) is 9.55 Å². The van der Waals surface area contributed by atoms with Gasteiger partial charge in [-0.25, -0.2) is 4.98 Å². The lowest BCUT2D eigenvalue weighted by molar-refractivity contribution is 0.200. The van der Waals surface area contributed by atoms with Gasteiger partial charge in [0.05, 0.1) is 17.0 Å². The van der Waals surface area contributed by atoms with Gasteiger partial charge in [-0.2, -0.15) is 0 Å². The molecule has 0 radical (unpaired) electrons. The van der Waals surface area contributed by atoms with E-state index in [4.69, 9.17) is 4.98 Å². The van der Waals surface area contributed by atoms with Crippen molar-refractivity contribution in [2.75, 3.05) is 18.0 Å². The Morgan fingerprint density at radius 3 is 2.60 bits per heavy atom. The Labute approximate surface area is 149 Å². The van der Waals surface area contributed by atoms with E-state index in [0.717, 1.165) is 36.2 Å². The quantitative estimate of drug-likeness (QED) is 0.909. The Kier molecular flexibility index (Phi) is 4.40. The second-order valence-corrected chi connectivity index (χ2v) is 8.27. The van der Waals surface area contributed by atoms with Crippen molar-refractivity contribution >= 4 is 16.9 Å². The highest BCUT2D eigenvalue weighted by Crippen LogP contribution is 2.32. The molecule has 2 aromatic rings. The topological polar surface area (TPSA) is 58.4 Å². The van der Waals surface area contributed by atoms with Crippen molar-refractivity contribution in [2.45, 2.75) is 53.6 Å². The van der Waals surface area contributed by atoms with Crippen LogP contribution in [-0.2, 0) is 7.05 Å². The first kappa shape index (κ1) is 17.9. The molecular formula is C20H29N3O2. The molecular weight excluding hydrogens is 314 g/mol. The average Bonchev–Trinajstić information content (AvgIpc) is 2.52. The molecule has 1 unspecified atom stereocenters. The Balaban J connectivity index is 2.29. The molecule has 1 aromatic heterocycles. The Hall–Kier alpha value is -1.88. The van der Waals surface area contributed by atoms with Crippen molar-refractivity contribution in [3.05, 3.63) is 33.1 Å². The number of piperidine rings is 1. The lowest BCUT2D eigenvalue weighted by atomic mass is 9.84. The summed E-state index contributed by atoms with van der Waals surface area (Å²) in [4.78, 5) is 20.2. The van der Waals surface area contributed by atoms with Crippen LogP contribution in [0.1, 0.15) is 56.4 Å². The van der Waals surface area contributed by atoms with Gasteiger partial charge in [0.25, 0.3) is 5.56 Å². The number of anilines is 1. The zero-order valence-corrected chi connectivity index (χ0v) is 16.2. The van der Waals surface area contributed by atoms with Gasteiger partial charge in [-0.05, 0) is 50.2 Å². The minimum absolute atomic E-state index is 0.0357. The van der Waals surface area contributed by atoms with Crippen molar-refractivity contribution in [2.24, 2.45) is 12.5 Å². The highest BCUT2D eigenvalue weighted by atomic mass is 16.3. The molecule has 1 N–H and O–H groups in total. The number of rotatable bonds is 2. The van der Waals surface area contributed by atoms with E-state index in [1.807, 2.05) is 19.9 Å². The van der Waals surface area contributed by atoms with Gasteiger partial charge in [0.15, 0.2) is 0 Å². The molecule has 5 nitrogen and oxygen atoms in total. The van der Waals surface area contributed by atoms with Crippen LogP contribution in [0.5, 0.6) is 0 Å². The molecule has 1 aliphatic heterocycles. The summed E-state index contributed by atoms with van der Waals surface area (Å²) >= 11 is 0. The van der Waals surface area contributed by atoms with Crippen LogP contribution in [-0.4, -0.2) is 27.7 Å². The van der Waals surface area contributed by atoms with Crippen LogP contribution in [0.15, 0.2) is 10.9 Å².